The van der Waals surface area contributed by atoms with E-state index in [9.17, 15) is 0 Å². The molecular formula is C12H16ClN3OS. The first-order chi connectivity index (χ1) is 8.76. The highest BCUT2D eigenvalue weighted by Gasteiger charge is 2.24. The van der Waals surface area contributed by atoms with Crippen LogP contribution in [-0.2, 0) is 4.74 Å². The molecule has 1 aliphatic heterocycles. The number of hydrogen-bond acceptors (Lipinski definition) is 5. The highest BCUT2D eigenvalue weighted by Crippen LogP contribution is 2.33. The average molecular weight is 286 g/mol. The molecule has 0 bridgehead atoms. The van der Waals surface area contributed by atoms with Crippen LogP contribution in [0.4, 0.5) is 5.00 Å². The largest absolute Gasteiger partial charge is 0.381 e. The van der Waals surface area contributed by atoms with Gasteiger partial charge in [-0.2, -0.15) is 9.64 Å². The second-order valence-electron chi connectivity index (χ2n) is 4.38. The van der Waals surface area contributed by atoms with E-state index in [4.69, 9.17) is 21.6 Å². The Morgan fingerprint density at radius 2 is 2.50 bits per heavy atom. The number of piperidine rings is 1. The fourth-order valence-corrected chi connectivity index (χ4v) is 3.31. The van der Waals surface area contributed by atoms with E-state index in [0.29, 0.717) is 16.6 Å². The quantitative estimate of drug-likeness (QED) is 0.853. The first kappa shape index (κ1) is 13.6. The molecule has 0 spiro atoms. The molecule has 2 heterocycles. The first-order valence-corrected chi connectivity index (χ1v) is 7.29. The zero-order chi connectivity index (χ0) is 13.0. The summed E-state index contributed by atoms with van der Waals surface area (Å²) in [6.45, 7) is 5.45. The molecule has 0 aromatic carbocycles. The van der Waals surface area contributed by atoms with E-state index in [0.717, 1.165) is 37.7 Å². The van der Waals surface area contributed by atoms with Crippen LogP contribution in [0, 0.1) is 17.2 Å². The normalized spacial score (nSPS) is 19.8. The Morgan fingerprint density at radius 1 is 1.67 bits per heavy atom. The number of nitrogens with zero attached hydrogens (tertiary/aromatic N) is 3. The molecule has 1 aromatic rings. The van der Waals surface area contributed by atoms with Crippen LogP contribution in [0.5, 0.6) is 0 Å². The monoisotopic (exact) mass is 285 g/mol. The molecule has 1 saturated heterocycles. The molecule has 18 heavy (non-hydrogen) atoms. The summed E-state index contributed by atoms with van der Waals surface area (Å²) in [5, 5.41) is 10.3. The number of nitriles is 1. The van der Waals surface area contributed by atoms with Gasteiger partial charge < -0.3 is 9.64 Å². The zero-order valence-electron chi connectivity index (χ0n) is 10.4. The maximum atomic E-state index is 9.11. The van der Waals surface area contributed by atoms with Crippen LogP contribution in [0.3, 0.4) is 0 Å². The molecule has 1 fully saturated rings. The summed E-state index contributed by atoms with van der Waals surface area (Å²) in [5.41, 5.74) is 0.513. The van der Waals surface area contributed by atoms with Crippen molar-refractivity contribution in [3.8, 4) is 6.07 Å². The zero-order valence-corrected chi connectivity index (χ0v) is 11.9. The molecule has 1 aliphatic rings. The van der Waals surface area contributed by atoms with Crippen molar-refractivity contribution in [2.24, 2.45) is 5.92 Å². The Morgan fingerprint density at radius 3 is 3.22 bits per heavy atom. The Balaban J connectivity index is 2.06. The predicted molar refractivity (Wildman–Crippen MR) is 73.3 cm³/mol. The van der Waals surface area contributed by atoms with Gasteiger partial charge in [0.25, 0.3) is 0 Å². The lowest BCUT2D eigenvalue weighted by Crippen LogP contribution is -2.37. The standard InChI is InChI=1S/C12H16ClN3OS/c1-2-17-8-9-4-3-5-16(7-9)12-10(6-14)11(13)15-18-12/h9H,2-5,7-8H2,1H3. The molecule has 98 valence electrons. The highest BCUT2D eigenvalue weighted by atomic mass is 35.5. The summed E-state index contributed by atoms with van der Waals surface area (Å²) in [5.74, 6) is 0.533. The van der Waals surface area contributed by atoms with Gasteiger partial charge in [-0.1, -0.05) is 11.6 Å². The van der Waals surface area contributed by atoms with Gasteiger partial charge >= 0.3 is 0 Å². The van der Waals surface area contributed by atoms with Gasteiger partial charge in [0.2, 0.25) is 0 Å². The van der Waals surface area contributed by atoms with Crippen molar-refractivity contribution >= 4 is 28.1 Å². The predicted octanol–water partition coefficient (Wildman–Crippen LogP) is 2.92. The van der Waals surface area contributed by atoms with Crippen molar-refractivity contribution in [3.05, 3.63) is 10.7 Å². The summed E-state index contributed by atoms with van der Waals surface area (Å²) in [7, 11) is 0. The lowest BCUT2D eigenvalue weighted by Gasteiger charge is -2.33. The van der Waals surface area contributed by atoms with Crippen LogP contribution >= 0.6 is 23.1 Å². The maximum absolute atomic E-state index is 9.11. The number of aromatic nitrogens is 1. The molecule has 1 atom stereocenters. The third-order valence-electron chi connectivity index (χ3n) is 3.11. The molecule has 0 N–H and O–H groups in total. The van der Waals surface area contributed by atoms with E-state index in [-0.39, 0.29) is 0 Å². The van der Waals surface area contributed by atoms with E-state index in [1.807, 2.05) is 6.92 Å². The summed E-state index contributed by atoms with van der Waals surface area (Å²) in [6.07, 6.45) is 2.31. The van der Waals surface area contributed by atoms with Crippen LogP contribution in [0.1, 0.15) is 25.3 Å². The van der Waals surface area contributed by atoms with Crippen molar-refractivity contribution < 1.29 is 4.74 Å². The number of anilines is 1. The summed E-state index contributed by atoms with van der Waals surface area (Å²) < 4.78 is 9.55. The van der Waals surface area contributed by atoms with Gasteiger partial charge in [0.05, 0.1) is 6.61 Å². The van der Waals surface area contributed by atoms with Gasteiger partial charge in [0, 0.05) is 19.7 Å². The maximum Gasteiger partial charge on any atom is 0.162 e. The minimum absolute atomic E-state index is 0.324. The van der Waals surface area contributed by atoms with Crippen LogP contribution < -0.4 is 4.90 Å². The number of ether oxygens (including phenoxy) is 1. The van der Waals surface area contributed by atoms with E-state index in [1.165, 1.54) is 18.0 Å². The summed E-state index contributed by atoms with van der Waals surface area (Å²) in [4.78, 5) is 2.22. The third kappa shape index (κ3) is 2.94. The van der Waals surface area contributed by atoms with E-state index in [1.54, 1.807) is 0 Å². The second kappa shape index (κ2) is 6.37. The van der Waals surface area contributed by atoms with Gasteiger partial charge in [-0.15, -0.1) is 0 Å². The molecule has 1 aromatic heterocycles. The molecule has 0 radical (unpaired) electrons. The minimum atomic E-state index is 0.324. The summed E-state index contributed by atoms with van der Waals surface area (Å²) >= 11 is 7.22. The van der Waals surface area contributed by atoms with Gasteiger partial charge in [0.1, 0.15) is 16.6 Å². The fourth-order valence-electron chi connectivity index (χ4n) is 2.24. The first-order valence-electron chi connectivity index (χ1n) is 6.14. The number of halogens is 1. The van der Waals surface area contributed by atoms with Crippen molar-refractivity contribution in [2.45, 2.75) is 19.8 Å². The Hall–Kier alpha value is -0.830. The Bertz CT molecular complexity index is 443. The second-order valence-corrected chi connectivity index (χ2v) is 5.49. The molecular weight excluding hydrogens is 270 g/mol. The number of rotatable bonds is 4. The van der Waals surface area contributed by atoms with Crippen molar-refractivity contribution in [3.63, 3.8) is 0 Å². The third-order valence-corrected chi connectivity index (χ3v) is 4.39. The van der Waals surface area contributed by atoms with Crippen molar-refractivity contribution in [2.75, 3.05) is 31.2 Å². The lowest BCUT2D eigenvalue weighted by molar-refractivity contribution is 0.104. The smallest absolute Gasteiger partial charge is 0.162 e. The van der Waals surface area contributed by atoms with Gasteiger partial charge in [-0.05, 0) is 37.2 Å². The highest BCUT2D eigenvalue weighted by molar-refractivity contribution is 7.10. The van der Waals surface area contributed by atoms with Crippen LogP contribution in [0.15, 0.2) is 0 Å². The van der Waals surface area contributed by atoms with E-state index < -0.39 is 0 Å². The van der Waals surface area contributed by atoms with Crippen molar-refractivity contribution in [1.29, 1.82) is 5.26 Å². The molecule has 2 rings (SSSR count). The van der Waals surface area contributed by atoms with Crippen LogP contribution in [0.25, 0.3) is 0 Å². The lowest BCUT2D eigenvalue weighted by atomic mass is 9.99. The van der Waals surface area contributed by atoms with Gasteiger partial charge in [0.15, 0.2) is 5.15 Å². The topological polar surface area (TPSA) is 49.1 Å². The van der Waals surface area contributed by atoms with Crippen LogP contribution in [0.2, 0.25) is 5.15 Å². The van der Waals surface area contributed by atoms with Crippen molar-refractivity contribution in [1.82, 2.24) is 4.37 Å². The minimum Gasteiger partial charge on any atom is -0.381 e. The molecule has 4 nitrogen and oxygen atoms in total. The van der Waals surface area contributed by atoms with E-state index >= 15 is 0 Å². The average Bonchev–Trinajstić information content (AvgIpc) is 2.77. The SMILES string of the molecule is CCOCC1CCCN(c2snc(Cl)c2C#N)C1. The summed E-state index contributed by atoms with van der Waals surface area (Å²) in [6, 6.07) is 2.14. The Labute approximate surface area is 116 Å². The van der Waals surface area contributed by atoms with Gasteiger partial charge in [-0.25, -0.2) is 0 Å². The molecule has 0 saturated carbocycles. The Kier molecular flexibility index (Phi) is 4.81. The molecule has 6 heteroatoms. The molecule has 0 aliphatic carbocycles. The number of hydrogen-bond donors (Lipinski definition) is 0. The van der Waals surface area contributed by atoms with E-state index in [2.05, 4.69) is 15.3 Å². The molecule has 1 unspecified atom stereocenters. The fraction of sp³-hybridized carbons (Fsp3) is 0.667. The molecule has 0 amide bonds. The van der Waals surface area contributed by atoms with Gasteiger partial charge in [-0.3, -0.25) is 0 Å². The van der Waals surface area contributed by atoms with Crippen LogP contribution in [-0.4, -0.2) is 30.7 Å².